The molecule has 1 aromatic carbocycles. The Balaban J connectivity index is 2.06. The number of unbranched alkanes of at least 4 members (excludes halogenated alkanes) is 1. The van der Waals surface area contributed by atoms with Gasteiger partial charge in [-0.2, -0.15) is 0 Å². The molecule has 114 valence electrons. The largest absolute Gasteiger partial charge is 0.347 e. The van der Waals surface area contributed by atoms with Crippen molar-refractivity contribution in [3.05, 3.63) is 48.7 Å². The molecule has 0 aliphatic heterocycles. The minimum Gasteiger partial charge on any atom is -0.347 e. The van der Waals surface area contributed by atoms with Gasteiger partial charge < -0.3 is 9.88 Å². The van der Waals surface area contributed by atoms with E-state index in [2.05, 4.69) is 60.8 Å². The zero-order valence-corrected chi connectivity index (χ0v) is 13.4. The van der Waals surface area contributed by atoms with Gasteiger partial charge in [0.25, 0.3) is 0 Å². The molecule has 1 heterocycles. The number of fused-ring (bicyclic) bond motifs is 1. The minimum atomic E-state index is 0.574. The summed E-state index contributed by atoms with van der Waals surface area (Å²) in [4.78, 5) is 0. The summed E-state index contributed by atoms with van der Waals surface area (Å²) in [6, 6.07) is 9.34. The van der Waals surface area contributed by atoms with Crippen molar-refractivity contribution >= 4 is 10.9 Å². The van der Waals surface area contributed by atoms with Crippen LogP contribution in [0, 0.1) is 0 Å². The molecule has 1 N–H and O–H groups in total. The lowest BCUT2D eigenvalue weighted by atomic mass is 10.1. The van der Waals surface area contributed by atoms with E-state index in [1.807, 2.05) is 6.08 Å². The quantitative estimate of drug-likeness (QED) is 0.528. The topological polar surface area (TPSA) is 17.0 Å². The molecule has 0 aliphatic rings. The highest BCUT2D eigenvalue weighted by Crippen LogP contribution is 2.23. The van der Waals surface area contributed by atoms with E-state index in [0.29, 0.717) is 6.04 Å². The summed E-state index contributed by atoms with van der Waals surface area (Å²) in [6.45, 7) is 10.4. The number of aryl methyl sites for hydroxylation is 2. The second kappa shape index (κ2) is 8.04. The fourth-order valence-electron chi connectivity index (χ4n) is 2.78. The third-order valence-electron chi connectivity index (χ3n) is 3.85. The predicted octanol–water partition coefficient (Wildman–Crippen LogP) is 4.54. The maximum Gasteiger partial charge on any atom is 0.0483 e. The zero-order valence-electron chi connectivity index (χ0n) is 13.4. The first kappa shape index (κ1) is 15.8. The molecule has 0 bridgehead atoms. The van der Waals surface area contributed by atoms with Gasteiger partial charge in [0.15, 0.2) is 0 Å². The van der Waals surface area contributed by atoms with Crippen LogP contribution in [0.5, 0.6) is 0 Å². The molecule has 0 amide bonds. The van der Waals surface area contributed by atoms with Crippen LogP contribution in [0.4, 0.5) is 0 Å². The normalized spacial score (nSPS) is 11.4. The standard InChI is InChI=1S/C19H28N2/c1-4-5-8-14-21-15-17(10-9-13-20-16(2)3)18-11-6-7-12-19(18)21/h4,6-7,11-12,15-16,20H,1,5,8-10,13-14H2,2-3H3. The van der Waals surface area contributed by atoms with Crippen LogP contribution in [0.2, 0.25) is 0 Å². The van der Waals surface area contributed by atoms with Crippen molar-refractivity contribution < 1.29 is 0 Å². The van der Waals surface area contributed by atoms with Crippen LogP contribution in [0.3, 0.4) is 0 Å². The van der Waals surface area contributed by atoms with E-state index < -0.39 is 0 Å². The van der Waals surface area contributed by atoms with E-state index in [1.165, 1.54) is 22.9 Å². The average molecular weight is 284 g/mol. The Hall–Kier alpha value is -1.54. The molecule has 2 heteroatoms. The van der Waals surface area contributed by atoms with Gasteiger partial charge in [0.1, 0.15) is 0 Å². The van der Waals surface area contributed by atoms with Crippen LogP contribution in [0.15, 0.2) is 43.1 Å². The van der Waals surface area contributed by atoms with Gasteiger partial charge in [-0.25, -0.2) is 0 Å². The fourth-order valence-corrected chi connectivity index (χ4v) is 2.78. The third kappa shape index (κ3) is 4.47. The number of hydrogen-bond donors (Lipinski definition) is 1. The van der Waals surface area contributed by atoms with Crippen LogP contribution >= 0.6 is 0 Å². The first-order valence-electron chi connectivity index (χ1n) is 8.13. The van der Waals surface area contributed by atoms with E-state index in [1.54, 1.807) is 0 Å². The molecule has 21 heavy (non-hydrogen) atoms. The van der Waals surface area contributed by atoms with Crippen molar-refractivity contribution in [1.29, 1.82) is 0 Å². The van der Waals surface area contributed by atoms with Gasteiger partial charge in [0.2, 0.25) is 0 Å². The van der Waals surface area contributed by atoms with Crippen LogP contribution < -0.4 is 5.32 Å². The average Bonchev–Trinajstić information content (AvgIpc) is 2.82. The van der Waals surface area contributed by atoms with E-state index in [0.717, 1.165) is 32.4 Å². The number of nitrogens with zero attached hydrogens (tertiary/aromatic N) is 1. The predicted molar refractivity (Wildman–Crippen MR) is 92.8 cm³/mol. The van der Waals surface area contributed by atoms with Gasteiger partial charge in [0.05, 0.1) is 0 Å². The second-order valence-electron chi connectivity index (χ2n) is 6.01. The van der Waals surface area contributed by atoms with Gasteiger partial charge in [-0.1, -0.05) is 38.1 Å². The molecular weight excluding hydrogens is 256 g/mol. The molecule has 0 radical (unpaired) electrons. The lowest BCUT2D eigenvalue weighted by Gasteiger charge is -2.07. The van der Waals surface area contributed by atoms with Crippen LogP contribution in [0.1, 0.15) is 38.7 Å². The maximum atomic E-state index is 3.81. The Kier molecular flexibility index (Phi) is 6.06. The Morgan fingerprint density at radius 3 is 2.81 bits per heavy atom. The summed E-state index contributed by atoms with van der Waals surface area (Å²) >= 11 is 0. The third-order valence-corrected chi connectivity index (χ3v) is 3.85. The number of nitrogens with one attached hydrogen (secondary N) is 1. The number of rotatable bonds is 9. The number of hydrogen-bond acceptors (Lipinski definition) is 1. The first-order chi connectivity index (χ1) is 10.2. The van der Waals surface area contributed by atoms with Crippen molar-refractivity contribution in [3.8, 4) is 0 Å². The Labute approximate surface area is 128 Å². The van der Waals surface area contributed by atoms with Crippen molar-refractivity contribution in [3.63, 3.8) is 0 Å². The Morgan fingerprint density at radius 1 is 1.24 bits per heavy atom. The highest BCUT2D eigenvalue weighted by atomic mass is 15.0. The summed E-state index contributed by atoms with van der Waals surface area (Å²) in [6.07, 6.45) is 8.94. The van der Waals surface area contributed by atoms with Crippen LogP contribution in [-0.2, 0) is 13.0 Å². The summed E-state index contributed by atoms with van der Waals surface area (Å²) < 4.78 is 2.41. The number of benzene rings is 1. The highest BCUT2D eigenvalue weighted by Gasteiger charge is 2.07. The summed E-state index contributed by atoms with van der Waals surface area (Å²) in [5.41, 5.74) is 2.85. The lowest BCUT2D eigenvalue weighted by Crippen LogP contribution is -2.23. The smallest absolute Gasteiger partial charge is 0.0483 e. The van der Waals surface area contributed by atoms with Gasteiger partial charge in [-0.15, -0.1) is 6.58 Å². The number of aromatic nitrogens is 1. The van der Waals surface area contributed by atoms with E-state index >= 15 is 0 Å². The second-order valence-corrected chi connectivity index (χ2v) is 6.01. The van der Waals surface area contributed by atoms with Gasteiger partial charge in [0, 0.05) is 29.7 Å². The van der Waals surface area contributed by atoms with Crippen molar-refractivity contribution in [1.82, 2.24) is 9.88 Å². The first-order valence-corrected chi connectivity index (χ1v) is 8.13. The van der Waals surface area contributed by atoms with Crippen LogP contribution in [-0.4, -0.2) is 17.2 Å². The molecule has 0 fully saturated rings. The minimum absolute atomic E-state index is 0.574. The Bertz CT molecular complexity index is 566. The van der Waals surface area contributed by atoms with Gasteiger partial charge >= 0.3 is 0 Å². The van der Waals surface area contributed by atoms with Crippen molar-refractivity contribution in [2.45, 2.75) is 52.1 Å². The highest BCUT2D eigenvalue weighted by molar-refractivity contribution is 5.83. The molecule has 0 saturated carbocycles. The van der Waals surface area contributed by atoms with E-state index in [-0.39, 0.29) is 0 Å². The summed E-state index contributed by atoms with van der Waals surface area (Å²) in [7, 11) is 0. The van der Waals surface area contributed by atoms with Crippen molar-refractivity contribution in [2.24, 2.45) is 0 Å². The van der Waals surface area contributed by atoms with Crippen molar-refractivity contribution in [2.75, 3.05) is 6.54 Å². The molecule has 2 nitrogen and oxygen atoms in total. The summed E-state index contributed by atoms with van der Waals surface area (Å²) in [5, 5.41) is 4.91. The number of allylic oxidation sites excluding steroid dienone is 1. The molecule has 2 aromatic rings. The molecule has 1 aromatic heterocycles. The SMILES string of the molecule is C=CCCCn1cc(CCCNC(C)C)c2ccccc21. The maximum absolute atomic E-state index is 3.81. The van der Waals surface area contributed by atoms with Gasteiger partial charge in [-0.3, -0.25) is 0 Å². The molecule has 0 spiro atoms. The molecule has 0 aliphatic carbocycles. The monoisotopic (exact) mass is 284 g/mol. The molecule has 0 unspecified atom stereocenters. The molecule has 2 rings (SSSR count). The lowest BCUT2D eigenvalue weighted by molar-refractivity contribution is 0.570. The molecular formula is C19H28N2. The zero-order chi connectivity index (χ0) is 15.1. The Morgan fingerprint density at radius 2 is 2.05 bits per heavy atom. The van der Waals surface area contributed by atoms with E-state index in [4.69, 9.17) is 0 Å². The molecule has 0 atom stereocenters. The van der Waals surface area contributed by atoms with E-state index in [9.17, 15) is 0 Å². The fraction of sp³-hybridized carbons (Fsp3) is 0.474. The van der Waals surface area contributed by atoms with Crippen LogP contribution in [0.25, 0.3) is 10.9 Å². The molecule has 0 saturated heterocycles. The van der Waals surface area contributed by atoms with Gasteiger partial charge in [-0.05, 0) is 43.9 Å². The summed E-state index contributed by atoms with van der Waals surface area (Å²) in [5.74, 6) is 0. The number of para-hydroxylation sites is 1.